The fraction of sp³-hybridized carbons (Fsp3) is 0.364. The Morgan fingerprint density at radius 1 is 1.44 bits per heavy atom. The average Bonchev–Trinajstić information content (AvgIpc) is 2.56. The molecule has 5 heteroatoms. The van der Waals surface area contributed by atoms with E-state index < -0.39 is 0 Å². The second kappa shape index (κ2) is 3.46. The average molecular weight is 283 g/mol. The lowest BCUT2D eigenvalue weighted by molar-refractivity contribution is 0.0655. The Balaban J connectivity index is 2.06. The van der Waals surface area contributed by atoms with Crippen molar-refractivity contribution in [1.29, 1.82) is 0 Å². The van der Waals surface area contributed by atoms with E-state index in [0.717, 1.165) is 22.8 Å². The van der Waals surface area contributed by atoms with Gasteiger partial charge in [-0.2, -0.15) is 0 Å². The van der Waals surface area contributed by atoms with Gasteiger partial charge in [-0.3, -0.25) is 0 Å². The van der Waals surface area contributed by atoms with Gasteiger partial charge < -0.3 is 15.3 Å². The molecular weight excluding hydrogens is 272 g/mol. The molecule has 84 valence electrons. The number of aliphatic hydroxyl groups excluding tert-OH is 1. The van der Waals surface area contributed by atoms with Gasteiger partial charge in [0.2, 0.25) is 0 Å². The van der Waals surface area contributed by atoms with Crippen molar-refractivity contribution in [1.82, 2.24) is 4.98 Å². The molecule has 1 aromatic heterocycles. The Morgan fingerprint density at radius 2 is 2.19 bits per heavy atom. The largest absolute Gasteiger partial charge is 0.438 e. The molecule has 16 heavy (non-hydrogen) atoms. The minimum atomic E-state index is -0.205. The molecule has 0 radical (unpaired) electrons. The summed E-state index contributed by atoms with van der Waals surface area (Å²) >= 11 is 3.37. The van der Waals surface area contributed by atoms with Gasteiger partial charge in [0.05, 0.1) is 11.8 Å². The number of aromatic nitrogens is 1. The molecule has 0 saturated heterocycles. The Kier molecular flexibility index (Phi) is 2.19. The number of hydrogen-bond acceptors (Lipinski definition) is 4. The second-order valence-electron chi connectivity index (χ2n) is 4.22. The van der Waals surface area contributed by atoms with Gasteiger partial charge in [0, 0.05) is 10.4 Å². The van der Waals surface area contributed by atoms with Crippen LogP contribution in [0.15, 0.2) is 21.0 Å². The molecule has 0 spiro atoms. The van der Waals surface area contributed by atoms with Gasteiger partial charge in [-0.25, -0.2) is 4.98 Å². The van der Waals surface area contributed by atoms with Crippen molar-refractivity contribution in [3.8, 4) is 0 Å². The number of halogens is 1. The number of nitrogens with zero attached hydrogens (tertiary/aromatic N) is 1. The van der Waals surface area contributed by atoms with E-state index in [2.05, 4.69) is 20.9 Å². The molecule has 1 aliphatic carbocycles. The zero-order valence-corrected chi connectivity index (χ0v) is 10.1. The summed E-state index contributed by atoms with van der Waals surface area (Å²) in [6.45, 7) is 0. The summed E-state index contributed by atoms with van der Waals surface area (Å²) in [6, 6.07) is 3.68. The lowest BCUT2D eigenvalue weighted by atomic mass is 9.82. The highest BCUT2D eigenvalue weighted by Crippen LogP contribution is 2.38. The van der Waals surface area contributed by atoms with Crippen LogP contribution in [0.1, 0.15) is 24.7 Å². The summed E-state index contributed by atoms with van der Waals surface area (Å²) in [6.07, 6.45) is 1.26. The Hall–Kier alpha value is -1.07. The van der Waals surface area contributed by atoms with Crippen LogP contribution in [0.2, 0.25) is 0 Å². The number of fused-ring (bicyclic) bond motifs is 1. The molecule has 3 N–H and O–H groups in total. The fourth-order valence-corrected chi connectivity index (χ4v) is 2.47. The molecule has 3 rings (SSSR count). The lowest BCUT2D eigenvalue weighted by Crippen LogP contribution is -2.26. The second-order valence-corrected chi connectivity index (χ2v) is 5.13. The first kappa shape index (κ1) is 10.1. The number of hydrogen-bond donors (Lipinski definition) is 2. The first-order valence-electron chi connectivity index (χ1n) is 5.17. The standard InChI is InChI=1S/C11H11BrN2O2/c12-6-3-8(13)10-9(4-6)14-11(16-10)5-1-7(15)2-5/h3-5,7,15H,1-2,13H2. The van der Waals surface area contributed by atoms with Gasteiger partial charge in [-0.05, 0) is 25.0 Å². The van der Waals surface area contributed by atoms with Crippen LogP contribution >= 0.6 is 15.9 Å². The van der Waals surface area contributed by atoms with E-state index in [9.17, 15) is 5.11 Å². The zero-order valence-electron chi connectivity index (χ0n) is 8.48. The van der Waals surface area contributed by atoms with Crippen molar-refractivity contribution < 1.29 is 9.52 Å². The SMILES string of the molecule is Nc1cc(Br)cc2nc(C3CC(O)C3)oc12. The highest BCUT2D eigenvalue weighted by Gasteiger charge is 2.32. The molecule has 0 unspecified atom stereocenters. The minimum Gasteiger partial charge on any atom is -0.438 e. The van der Waals surface area contributed by atoms with Crippen LogP contribution < -0.4 is 5.73 Å². The van der Waals surface area contributed by atoms with E-state index in [1.165, 1.54) is 0 Å². The van der Waals surface area contributed by atoms with Gasteiger partial charge in [0.15, 0.2) is 11.5 Å². The summed E-state index contributed by atoms with van der Waals surface area (Å²) in [5.41, 5.74) is 7.84. The van der Waals surface area contributed by atoms with E-state index in [1.54, 1.807) is 6.07 Å². The van der Waals surface area contributed by atoms with Crippen LogP contribution in [-0.4, -0.2) is 16.2 Å². The molecule has 1 heterocycles. The number of anilines is 1. The number of nitrogens with two attached hydrogens (primary N) is 1. The zero-order chi connectivity index (χ0) is 11.3. The number of aliphatic hydroxyl groups is 1. The summed E-state index contributed by atoms with van der Waals surface area (Å²) in [7, 11) is 0. The molecule has 1 aromatic carbocycles. The van der Waals surface area contributed by atoms with Crippen molar-refractivity contribution in [2.45, 2.75) is 24.9 Å². The molecule has 4 nitrogen and oxygen atoms in total. The molecule has 0 amide bonds. The van der Waals surface area contributed by atoms with E-state index in [1.807, 2.05) is 6.07 Å². The fourth-order valence-electron chi connectivity index (χ4n) is 2.00. The van der Waals surface area contributed by atoms with Crippen molar-refractivity contribution in [2.75, 3.05) is 5.73 Å². The molecule has 0 atom stereocenters. The Labute approximate surface area is 101 Å². The van der Waals surface area contributed by atoms with Crippen molar-refractivity contribution in [3.63, 3.8) is 0 Å². The van der Waals surface area contributed by atoms with Crippen LogP contribution in [0.4, 0.5) is 5.69 Å². The summed E-state index contributed by atoms with van der Waals surface area (Å²) in [5, 5.41) is 9.25. The van der Waals surface area contributed by atoms with Gasteiger partial charge in [0.25, 0.3) is 0 Å². The first-order chi connectivity index (χ1) is 7.63. The quantitative estimate of drug-likeness (QED) is 0.788. The molecule has 0 bridgehead atoms. The van der Waals surface area contributed by atoms with Crippen LogP contribution in [0.5, 0.6) is 0 Å². The van der Waals surface area contributed by atoms with E-state index in [-0.39, 0.29) is 12.0 Å². The molecule has 1 saturated carbocycles. The van der Waals surface area contributed by atoms with Crippen molar-refractivity contribution >= 4 is 32.7 Å². The summed E-state index contributed by atoms with van der Waals surface area (Å²) < 4.78 is 6.53. The highest BCUT2D eigenvalue weighted by molar-refractivity contribution is 9.10. The van der Waals surface area contributed by atoms with Gasteiger partial charge in [0.1, 0.15) is 5.52 Å². The summed E-state index contributed by atoms with van der Waals surface area (Å²) in [4.78, 5) is 4.40. The third-order valence-corrected chi connectivity index (χ3v) is 3.42. The Bertz CT molecular complexity index is 546. The van der Waals surface area contributed by atoms with Gasteiger partial charge >= 0.3 is 0 Å². The molecule has 1 fully saturated rings. The van der Waals surface area contributed by atoms with Gasteiger partial charge in [-0.15, -0.1) is 0 Å². The molecule has 2 aromatic rings. The highest BCUT2D eigenvalue weighted by atomic mass is 79.9. The maximum absolute atomic E-state index is 9.25. The topological polar surface area (TPSA) is 72.3 Å². The maximum Gasteiger partial charge on any atom is 0.198 e. The van der Waals surface area contributed by atoms with Crippen LogP contribution in [0, 0.1) is 0 Å². The predicted molar refractivity (Wildman–Crippen MR) is 64.1 cm³/mol. The minimum absolute atomic E-state index is 0.205. The predicted octanol–water partition coefficient (Wildman–Crippen LogP) is 2.41. The van der Waals surface area contributed by atoms with Crippen LogP contribution in [-0.2, 0) is 0 Å². The number of rotatable bonds is 1. The lowest BCUT2D eigenvalue weighted by Gasteiger charge is -2.28. The normalized spacial score (nSPS) is 24.6. The van der Waals surface area contributed by atoms with E-state index in [0.29, 0.717) is 17.2 Å². The van der Waals surface area contributed by atoms with E-state index >= 15 is 0 Å². The van der Waals surface area contributed by atoms with Crippen molar-refractivity contribution in [3.05, 3.63) is 22.5 Å². The Morgan fingerprint density at radius 3 is 2.88 bits per heavy atom. The smallest absolute Gasteiger partial charge is 0.198 e. The van der Waals surface area contributed by atoms with E-state index in [4.69, 9.17) is 10.2 Å². The van der Waals surface area contributed by atoms with Gasteiger partial charge in [-0.1, -0.05) is 15.9 Å². The van der Waals surface area contributed by atoms with Crippen LogP contribution in [0.25, 0.3) is 11.1 Å². The summed E-state index contributed by atoms with van der Waals surface area (Å²) in [5.74, 6) is 0.922. The van der Waals surface area contributed by atoms with Crippen molar-refractivity contribution in [2.24, 2.45) is 0 Å². The maximum atomic E-state index is 9.25. The molecule has 1 aliphatic rings. The van der Waals surface area contributed by atoms with Crippen LogP contribution in [0.3, 0.4) is 0 Å². The first-order valence-corrected chi connectivity index (χ1v) is 5.96. The number of nitrogen functional groups attached to an aromatic ring is 1. The monoisotopic (exact) mass is 282 g/mol. The molecular formula is C11H11BrN2O2. The number of benzene rings is 1. The number of oxazole rings is 1. The third-order valence-electron chi connectivity index (χ3n) is 2.96. The third kappa shape index (κ3) is 1.51. The molecule has 0 aliphatic heterocycles.